The first-order chi connectivity index (χ1) is 9.13. The molecule has 0 aliphatic carbocycles. The van der Waals surface area contributed by atoms with Crippen LogP contribution in [0.1, 0.15) is 29.4 Å². The molecule has 0 aliphatic heterocycles. The van der Waals surface area contributed by atoms with Crippen molar-refractivity contribution in [1.29, 1.82) is 0 Å². The lowest BCUT2D eigenvalue weighted by molar-refractivity contribution is 0.550. The van der Waals surface area contributed by atoms with E-state index in [-0.39, 0.29) is 0 Å². The van der Waals surface area contributed by atoms with Crippen LogP contribution in [0.25, 0.3) is 0 Å². The number of nitrogens with zero attached hydrogens (tertiary/aromatic N) is 2. The van der Waals surface area contributed by atoms with E-state index < -0.39 is 0 Å². The van der Waals surface area contributed by atoms with Crippen molar-refractivity contribution < 1.29 is 0 Å². The first kappa shape index (κ1) is 14.6. The van der Waals surface area contributed by atoms with E-state index in [1.54, 1.807) is 11.3 Å². The highest BCUT2D eigenvalue weighted by Gasteiger charge is 2.05. The Hall–Kier alpha value is -0.780. The Balaban J connectivity index is 1.90. The smallest absolute Gasteiger partial charge is 0.131 e. The van der Waals surface area contributed by atoms with Crippen molar-refractivity contribution in [2.75, 3.05) is 6.54 Å². The molecule has 1 heterocycles. The molecule has 0 unspecified atom stereocenters. The number of hydrogen-bond acceptors (Lipinski definition) is 4. The van der Waals surface area contributed by atoms with Crippen molar-refractivity contribution in [1.82, 2.24) is 15.5 Å². The Morgan fingerprint density at radius 1 is 1.26 bits per heavy atom. The molecule has 0 aliphatic rings. The molecule has 0 spiro atoms. The first-order valence-electron chi connectivity index (χ1n) is 6.40. The molecule has 0 saturated heterocycles. The van der Waals surface area contributed by atoms with Crippen molar-refractivity contribution >= 4 is 27.3 Å². The second-order valence-electron chi connectivity index (χ2n) is 4.92. The van der Waals surface area contributed by atoms with Crippen molar-refractivity contribution in [3.63, 3.8) is 0 Å². The third-order valence-electron chi connectivity index (χ3n) is 2.58. The minimum atomic E-state index is 0.661. The van der Waals surface area contributed by atoms with Gasteiger partial charge in [-0.3, -0.25) is 0 Å². The molecule has 0 fully saturated rings. The van der Waals surface area contributed by atoms with E-state index >= 15 is 0 Å². The standard InChI is InChI=1S/C14H18BrN3S/c1-10(2)8-16-9-14-18-17-13(19-14)7-11-4-3-5-12(15)6-11/h3-6,10,16H,7-9H2,1-2H3. The quantitative estimate of drug-likeness (QED) is 0.872. The topological polar surface area (TPSA) is 37.8 Å². The molecule has 102 valence electrons. The lowest BCUT2D eigenvalue weighted by Crippen LogP contribution is -2.18. The van der Waals surface area contributed by atoms with Gasteiger partial charge in [-0.25, -0.2) is 0 Å². The molecule has 2 rings (SSSR count). The van der Waals surface area contributed by atoms with Crippen LogP contribution in [0, 0.1) is 5.92 Å². The van der Waals surface area contributed by atoms with Gasteiger partial charge in [0.1, 0.15) is 10.0 Å². The Bertz CT molecular complexity index is 525. The summed E-state index contributed by atoms with van der Waals surface area (Å²) in [7, 11) is 0. The van der Waals surface area contributed by atoms with E-state index in [9.17, 15) is 0 Å². The fraction of sp³-hybridized carbons (Fsp3) is 0.429. The predicted octanol–water partition coefficient (Wildman–Crippen LogP) is 3.64. The van der Waals surface area contributed by atoms with Crippen LogP contribution in [0.3, 0.4) is 0 Å². The van der Waals surface area contributed by atoms with Crippen LogP contribution >= 0.6 is 27.3 Å². The fourth-order valence-corrected chi connectivity index (χ4v) is 3.02. The molecule has 1 aromatic carbocycles. The van der Waals surface area contributed by atoms with Crippen molar-refractivity contribution in [3.05, 3.63) is 44.3 Å². The van der Waals surface area contributed by atoms with E-state index in [4.69, 9.17) is 0 Å². The van der Waals surface area contributed by atoms with Crippen LogP contribution in [0.5, 0.6) is 0 Å². The lowest BCUT2D eigenvalue weighted by atomic mass is 10.2. The SMILES string of the molecule is CC(C)CNCc1nnc(Cc2cccc(Br)c2)s1. The Labute approximate surface area is 126 Å². The third-order valence-corrected chi connectivity index (χ3v) is 4.00. The van der Waals surface area contributed by atoms with Gasteiger partial charge < -0.3 is 5.32 Å². The van der Waals surface area contributed by atoms with Crippen molar-refractivity contribution in [3.8, 4) is 0 Å². The highest BCUT2D eigenvalue weighted by molar-refractivity contribution is 9.10. The van der Waals surface area contributed by atoms with Gasteiger partial charge in [0, 0.05) is 17.4 Å². The summed E-state index contributed by atoms with van der Waals surface area (Å²) in [6, 6.07) is 8.32. The van der Waals surface area contributed by atoms with Crippen LogP contribution in [0.2, 0.25) is 0 Å². The zero-order valence-corrected chi connectivity index (χ0v) is 13.6. The minimum absolute atomic E-state index is 0.661. The van der Waals surface area contributed by atoms with Gasteiger partial charge in [-0.2, -0.15) is 0 Å². The minimum Gasteiger partial charge on any atom is -0.310 e. The number of halogens is 1. The molecular formula is C14H18BrN3S. The first-order valence-corrected chi connectivity index (χ1v) is 8.01. The highest BCUT2D eigenvalue weighted by Crippen LogP contribution is 2.17. The third kappa shape index (κ3) is 5.01. The van der Waals surface area contributed by atoms with Gasteiger partial charge in [0.25, 0.3) is 0 Å². The predicted molar refractivity (Wildman–Crippen MR) is 83.4 cm³/mol. The summed E-state index contributed by atoms with van der Waals surface area (Å²) in [5.74, 6) is 0.661. The monoisotopic (exact) mass is 339 g/mol. The molecule has 1 N–H and O–H groups in total. The summed E-state index contributed by atoms with van der Waals surface area (Å²) < 4.78 is 1.10. The number of aromatic nitrogens is 2. The van der Waals surface area contributed by atoms with Crippen molar-refractivity contribution in [2.45, 2.75) is 26.8 Å². The van der Waals surface area contributed by atoms with E-state index in [2.05, 4.69) is 57.4 Å². The average Bonchev–Trinajstić information content (AvgIpc) is 2.76. The summed E-state index contributed by atoms with van der Waals surface area (Å²) in [6.07, 6.45) is 0.848. The molecule has 0 radical (unpaired) electrons. The molecular weight excluding hydrogens is 322 g/mol. The number of benzene rings is 1. The van der Waals surface area contributed by atoms with E-state index in [0.29, 0.717) is 5.92 Å². The van der Waals surface area contributed by atoms with Gasteiger partial charge in [0.05, 0.1) is 0 Å². The maximum atomic E-state index is 4.25. The van der Waals surface area contributed by atoms with Gasteiger partial charge in [0.2, 0.25) is 0 Å². The summed E-state index contributed by atoms with van der Waals surface area (Å²) in [5, 5.41) is 14.0. The van der Waals surface area contributed by atoms with Gasteiger partial charge >= 0.3 is 0 Å². The molecule has 1 aromatic heterocycles. The van der Waals surface area contributed by atoms with Crippen LogP contribution < -0.4 is 5.32 Å². The molecule has 0 saturated carbocycles. The number of hydrogen-bond donors (Lipinski definition) is 1. The maximum absolute atomic E-state index is 4.25. The fourth-order valence-electron chi connectivity index (χ4n) is 1.72. The summed E-state index contributed by atoms with van der Waals surface area (Å²) >= 11 is 5.17. The summed E-state index contributed by atoms with van der Waals surface area (Å²) in [4.78, 5) is 0. The normalized spacial score (nSPS) is 11.2. The summed E-state index contributed by atoms with van der Waals surface area (Å²) in [5.41, 5.74) is 1.26. The van der Waals surface area contributed by atoms with E-state index in [1.165, 1.54) is 5.56 Å². The number of rotatable bonds is 6. The molecule has 3 nitrogen and oxygen atoms in total. The van der Waals surface area contributed by atoms with Crippen molar-refractivity contribution in [2.24, 2.45) is 5.92 Å². The second kappa shape index (κ2) is 7.12. The summed E-state index contributed by atoms with van der Waals surface area (Å²) in [6.45, 7) is 6.23. The van der Waals surface area contributed by atoms with E-state index in [0.717, 1.165) is 34.0 Å². The Kier molecular flexibility index (Phi) is 5.48. The molecule has 0 amide bonds. The van der Waals surface area contributed by atoms with Gasteiger partial charge in [-0.15, -0.1) is 10.2 Å². The molecule has 5 heteroatoms. The number of nitrogens with one attached hydrogen (secondary N) is 1. The molecule has 0 atom stereocenters. The van der Waals surface area contributed by atoms with Crippen LogP contribution in [-0.4, -0.2) is 16.7 Å². The Morgan fingerprint density at radius 3 is 2.79 bits per heavy atom. The zero-order valence-electron chi connectivity index (χ0n) is 11.2. The average molecular weight is 340 g/mol. The van der Waals surface area contributed by atoms with Crippen LogP contribution in [-0.2, 0) is 13.0 Å². The molecule has 0 bridgehead atoms. The zero-order chi connectivity index (χ0) is 13.7. The second-order valence-corrected chi connectivity index (χ2v) is 6.98. The van der Waals surface area contributed by atoms with Gasteiger partial charge in [-0.1, -0.05) is 53.2 Å². The van der Waals surface area contributed by atoms with Gasteiger partial charge in [-0.05, 0) is 30.2 Å². The van der Waals surface area contributed by atoms with Crippen LogP contribution in [0.4, 0.5) is 0 Å². The Morgan fingerprint density at radius 2 is 2.05 bits per heavy atom. The molecule has 2 aromatic rings. The van der Waals surface area contributed by atoms with Gasteiger partial charge in [0.15, 0.2) is 0 Å². The highest BCUT2D eigenvalue weighted by atomic mass is 79.9. The lowest BCUT2D eigenvalue weighted by Gasteiger charge is -2.04. The molecule has 19 heavy (non-hydrogen) atoms. The van der Waals surface area contributed by atoms with Crippen LogP contribution in [0.15, 0.2) is 28.7 Å². The van der Waals surface area contributed by atoms with E-state index in [1.807, 2.05) is 12.1 Å². The largest absolute Gasteiger partial charge is 0.310 e. The maximum Gasteiger partial charge on any atom is 0.131 e.